The van der Waals surface area contributed by atoms with E-state index in [0.29, 0.717) is 35.9 Å². The lowest BCUT2D eigenvalue weighted by molar-refractivity contribution is -0.138. The number of aliphatic hydroxyl groups excluding tert-OH is 1. The second kappa shape index (κ2) is 8.39. The Bertz CT molecular complexity index is 1360. The molecule has 2 fully saturated rings. The number of alkyl halides is 3. The van der Waals surface area contributed by atoms with Crippen molar-refractivity contribution in [1.29, 1.82) is 5.26 Å². The van der Waals surface area contributed by atoms with Crippen molar-refractivity contribution in [3.05, 3.63) is 59.4 Å². The molecule has 8 nitrogen and oxygen atoms in total. The van der Waals surface area contributed by atoms with Gasteiger partial charge in [0.1, 0.15) is 24.0 Å². The summed E-state index contributed by atoms with van der Waals surface area (Å²) >= 11 is 5.58. The monoisotopic (exact) mass is 514 g/mol. The van der Waals surface area contributed by atoms with E-state index in [1.165, 1.54) is 12.1 Å². The predicted molar refractivity (Wildman–Crippen MR) is 124 cm³/mol. The molecule has 2 aromatic rings. The van der Waals surface area contributed by atoms with Crippen LogP contribution >= 0.6 is 12.2 Å². The van der Waals surface area contributed by atoms with Crippen LogP contribution in [0.2, 0.25) is 0 Å². The molecule has 1 N–H and O–H groups in total. The number of ketones is 1. The number of anilines is 2. The molecule has 0 bridgehead atoms. The second-order valence-corrected chi connectivity index (χ2v) is 8.99. The summed E-state index contributed by atoms with van der Waals surface area (Å²) in [4.78, 5) is 31.6. The van der Waals surface area contributed by atoms with Crippen LogP contribution in [0.15, 0.2) is 42.6 Å². The van der Waals surface area contributed by atoms with Crippen LogP contribution in [0.1, 0.15) is 36.1 Å². The summed E-state index contributed by atoms with van der Waals surface area (Å²) in [7, 11) is 0. The van der Waals surface area contributed by atoms with Crippen molar-refractivity contribution >= 4 is 46.2 Å². The summed E-state index contributed by atoms with van der Waals surface area (Å²) in [5, 5.41) is 18.6. The van der Waals surface area contributed by atoms with E-state index in [9.17, 15) is 27.9 Å². The summed E-state index contributed by atoms with van der Waals surface area (Å²) in [6.45, 7) is -0.159. The molecule has 1 atom stereocenters. The number of pyridine rings is 1. The quantitative estimate of drug-likeness (QED) is 0.622. The Morgan fingerprint density at radius 2 is 1.89 bits per heavy atom. The van der Waals surface area contributed by atoms with E-state index in [-0.39, 0.29) is 17.4 Å². The largest absolute Gasteiger partial charge is 0.490 e. The zero-order valence-corrected chi connectivity index (χ0v) is 19.3. The number of ether oxygens (including phenoxy) is 1. The molecule has 184 valence electrons. The number of carbonyl (C=O) groups is 2. The highest BCUT2D eigenvalue weighted by Crippen LogP contribution is 2.48. The number of hydrogen-bond donors (Lipinski definition) is 1. The molecule has 12 heteroatoms. The minimum absolute atomic E-state index is 0.00138. The third kappa shape index (κ3) is 3.63. The lowest BCUT2D eigenvalue weighted by atomic mass is 9.75. The summed E-state index contributed by atoms with van der Waals surface area (Å²) < 4.78 is 46.0. The maximum absolute atomic E-state index is 13.5. The molecule has 2 aliphatic heterocycles. The van der Waals surface area contributed by atoms with Crippen molar-refractivity contribution in [1.82, 2.24) is 4.98 Å². The average molecular weight is 514 g/mol. The number of thiocarbonyl (C=S) groups is 1. The van der Waals surface area contributed by atoms with Gasteiger partial charge in [-0.05, 0) is 61.8 Å². The number of hydrogen-bond acceptors (Lipinski definition) is 7. The second-order valence-electron chi connectivity index (χ2n) is 8.63. The topological polar surface area (TPSA) is 107 Å². The number of benzene rings is 1. The van der Waals surface area contributed by atoms with E-state index in [1.54, 1.807) is 29.2 Å². The zero-order valence-electron chi connectivity index (χ0n) is 18.5. The lowest BCUT2D eigenvalue weighted by Gasteiger charge is -2.43. The molecular formula is C24H17F3N4O4S. The zero-order chi connectivity index (χ0) is 25.8. The van der Waals surface area contributed by atoms with E-state index in [1.807, 2.05) is 0 Å². The number of aromatic nitrogens is 1. The Balaban J connectivity index is 1.51. The molecule has 1 spiro atoms. The van der Waals surface area contributed by atoms with Crippen LogP contribution in [0.25, 0.3) is 5.76 Å². The van der Waals surface area contributed by atoms with Gasteiger partial charge in [-0.2, -0.15) is 18.4 Å². The van der Waals surface area contributed by atoms with Crippen molar-refractivity contribution < 1.29 is 32.6 Å². The van der Waals surface area contributed by atoms with Crippen molar-refractivity contribution in [2.24, 2.45) is 0 Å². The van der Waals surface area contributed by atoms with Gasteiger partial charge in [0.05, 0.1) is 17.4 Å². The van der Waals surface area contributed by atoms with Gasteiger partial charge in [-0.3, -0.25) is 14.5 Å². The van der Waals surface area contributed by atoms with Gasteiger partial charge in [-0.1, -0.05) is 0 Å². The minimum atomic E-state index is -4.84. The molecule has 36 heavy (non-hydrogen) atoms. The first-order chi connectivity index (χ1) is 17.1. The maximum Gasteiger partial charge on any atom is 0.419 e. The van der Waals surface area contributed by atoms with E-state index >= 15 is 0 Å². The molecule has 3 aliphatic rings. The highest BCUT2D eigenvalue weighted by Gasteiger charge is 2.59. The fraction of sp³-hybridized carbons (Fsp3) is 0.292. The SMILES string of the molecule is N#Cc1ncc(N2C(=O)C3(CCC3)N(c3ccc(C4=CC(=O)[C@H](O)CO4)cc3)C2=S)cc1C(F)(F)F. The highest BCUT2D eigenvalue weighted by atomic mass is 32.1. The van der Waals surface area contributed by atoms with Crippen LogP contribution in [-0.4, -0.2) is 45.1 Å². The van der Waals surface area contributed by atoms with Crippen LogP contribution in [0.3, 0.4) is 0 Å². The number of amides is 1. The molecule has 1 aromatic carbocycles. The highest BCUT2D eigenvalue weighted by molar-refractivity contribution is 7.81. The molecule has 3 heterocycles. The van der Waals surface area contributed by atoms with E-state index in [0.717, 1.165) is 17.5 Å². The first kappa shape index (κ1) is 23.9. The molecule has 1 amide bonds. The van der Waals surface area contributed by atoms with Gasteiger partial charge in [0.2, 0.25) is 0 Å². The molecule has 5 rings (SSSR count). The predicted octanol–water partition coefficient (Wildman–Crippen LogP) is 3.33. The standard InChI is InChI=1S/C24H17F3N4O4S/c25-24(26,27)16-8-15(11-29-17(16)10-28)30-21(34)23(6-1-7-23)31(22(30)36)14-4-2-13(3-5-14)20-9-18(32)19(33)12-35-20/h2-5,8-9,11,19,33H,1,6-7,12H2/t19-/m1/s1. The molecule has 0 unspecified atom stereocenters. The van der Waals surface area contributed by atoms with Crippen molar-refractivity contribution in [3.63, 3.8) is 0 Å². The van der Waals surface area contributed by atoms with Gasteiger partial charge < -0.3 is 14.7 Å². The first-order valence-corrected chi connectivity index (χ1v) is 11.3. The maximum atomic E-state index is 13.5. The van der Waals surface area contributed by atoms with Crippen LogP contribution in [0.5, 0.6) is 0 Å². The van der Waals surface area contributed by atoms with E-state index in [2.05, 4.69) is 4.98 Å². The van der Waals surface area contributed by atoms with Crippen molar-refractivity contribution in [2.75, 3.05) is 16.4 Å². The Labute approximate surface area is 208 Å². The Hall–Kier alpha value is -3.82. The normalized spacial score (nSPS) is 21.2. The Morgan fingerprint density at radius 1 is 1.19 bits per heavy atom. The van der Waals surface area contributed by atoms with Gasteiger partial charge in [-0.15, -0.1) is 0 Å². The Kier molecular flexibility index (Phi) is 5.57. The Morgan fingerprint density at radius 3 is 2.44 bits per heavy atom. The molecule has 1 aliphatic carbocycles. The fourth-order valence-electron chi connectivity index (χ4n) is 4.55. The van der Waals surface area contributed by atoms with E-state index in [4.69, 9.17) is 22.2 Å². The molecule has 1 saturated heterocycles. The summed E-state index contributed by atoms with van der Waals surface area (Å²) in [5.74, 6) is -0.634. The summed E-state index contributed by atoms with van der Waals surface area (Å²) in [6, 6.07) is 8.83. The number of halogens is 3. The fourth-order valence-corrected chi connectivity index (χ4v) is 5.02. The van der Waals surface area contributed by atoms with Crippen LogP contribution < -0.4 is 9.80 Å². The lowest BCUT2D eigenvalue weighted by Crippen LogP contribution is -2.55. The van der Waals surface area contributed by atoms with Gasteiger partial charge in [0.15, 0.2) is 22.7 Å². The summed E-state index contributed by atoms with van der Waals surface area (Å²) in [5.41, 5.74) is -2.13. The molecule has 0 radical (unpaired) electrons. The number of carbonyl (C=O) groups excluding carboxylic acids is 2. The number of nitriles is 1. The van der Waals surface area contributed by atoms with Crippen molar-refractivity contribution in [2.45, 2.75) is 37.1 Å². The molecule has 1 aromatic heterocycles. The van der Waals surface area contributed by atoms with Gasteiger partial charge >= 0.3 is 6.18 Å². The van der Waals surface area contributed by atoms with E-state index < -0.39 is 40.8 Å². The van der Waals surface area contributed by atoms with Gasteiger partial charge in [0.25, 0.3) is 5.91 Å². The number of aliphatic hydroxyl groups is 1. The van der Waals surface area contributed by atoms with Gasteiger partial charge in [-0.25, -0.2) is 4.98 Å². The molecule has 1 saturated carbocycles. The third-order valence-corrected chi connectivity index (χ3v) is 6.91. The average Bonchev–Trinajstić information content (AvgIpc) is 3.06. The smallest absolute Gasteiger partial charge is 0.419 e. The van der Waals surface area contributed by atoms with Crippen LogP contribution in [-0.2, 0) is 20.5 Å². The van der Waals surface area contributed by atoms with Crippen LogP contribution in [0.4, 0.5) is 24.5 Å². The van der Waals surface area contributed by atoms with Gasteiger partial charge in [0, 0.05) is 17.3 Å². The number of rotatable bonds is 3. The summed E-state index contributed by atoms with van der Waals surface area (Å²) in [6.07, 6.45) is -2.15. The molecular weight excluding hydrogens is 497 g/mol. The van der Waals surface area contributed by atoms with Crippen LogP contribution in [0, 0.1) is 11.3 Å². The number of nitrogens with zero attached hydrogens (tertiary/aromatic N) is 4. The third-order valence-electron chi connectivity index (χ3n) is 6.54. The minimum Gasteiger partial charge on any atom is -0.490 e. The van der Waals surface area contributed by atoms with Crippen molar-refractivity contribution in [3.8, 4) is 6.07 Å². The first-order valence-electron chi connectivity index (χ1n) is 10.9.